The predicted molar refractivity (Wildman–Crippen MR) is 108 cm³/mol. The Bertz CT molecular complexity index is 969. The summed E-state index contributed by atoms with van der Waals surface area (Å²) in [5, 5.41) is 9.98. The van der Waals surface area contributed by atoms with Gasteiger partial charge in [-0.1, -0.05) is 23.7 Å². The fourth-order valence-electron chi connectivity index (χ4n) is 2.57. The van der Waals surface area contributed by atoms with E-state index in [1.807, 2.05) is 26.0 Å². The van der Waals surface area contributed by atoms with E-state index in [1.54, 1.807) is 41.3 Å². The first-order chi connectivity index (χ1) is 13.4. The average molecular weight is 398 g/mol. The third-order valence-electron chi connectivity index (χ3n) is 3.92. The Kier molecular flexibility index (Phi) is 6.06. The van der Waals surface area contributed by atoms with E-state index in [2.05, 4.69) is 20.7 Å². The van der Waals surface area contributed by atoms with E-state index in [0.29, 0.717) is 28.4 Å². The number of nitrogens with one attached hydrogen (secondary N) is 2. The number of hydrogen-bond donors (Lipinski definition) is 2. The molecule has 0 spiro atoms. The van der Waals surface area contributed by atoms with Gasteiger partial charge in [0.25, 0.3) is 11.8 Å². The molecule has 0 aliphatic heterocycles. The lowest BCUT2D eigenvalue weighted by Gasteiger charge is -2.12. The standard InChI is InChI=1S/C20H20ClN5O2/c1-13(2)24-20(28)16-7-8-17(21)18(9-16)25-19(27)15-5-3-14(4-6-15)10-26-12-22-11-23-26/h3-9,11-13H,10H2,1-2H3,(H,24,28)(H,25,27). The molecule has 1 aromatic heterocycles. The molecule has 8 heteroatoms. The van der Waals surface area contributed by atoms with Crippen LogP contribution in [0.15, 0.2) is 55.1 Å². The number of carbonyl (C=O) groups excluding carboxylic acids is 2. The normalized spacial score (nSPS) is 10.7. The van der Waals surface area contributed by atoms with E-state index in [4.69, 9.17) is 11.6 Å². The van der Waals surface area contributed by atoms with Crippen LogP contribution in [-0.4, -0.2) is 32.6 Å². The highest BCUT2D eigenvalue weighted by molar-refractivity contribution is 6.34. The van der Waals surface area contributed by atoms with Crippen LogP contribution in [0.4, 0.5) is 5.69 Å². The van der Waals surface area contributed by atoms with Gasteiger partial charge in [0.2, 0.25) is 0 Å². The summed E-state index contributed by atoms with van der Waals surface area (Å²) in [6, 6.07) is 11.9. The van der Waals surface area contributed by atoms with Gasteiger partial charge in [-0.2, -0.15) is 5.10 Å². The van der Waals surface area contributed by atoms with Crippen molar-refractivity contribution in [2.75, 3.05) is 5.32 Å². The van der Waals surface area contributed by atoms with Crippen LogP contribution in [0.25, 0.3) is 0 Å². The molecule has 2 amide bonds. The molecule has 3 rings (SSSR count). The van der Waals surface area contributed by atoms with Crippen molar-refractivity contribution < 1.29 is 9.59 Å². The van der Waals surface area contributed by atoms with Gasteiger partial charge in [-0.15, -0.1) is 0 Å². The van der Waals surface area contributed by atoms with Crippen molar-refractivity contribution in [3.05, 3.63) is 76.8 Å². The molecule has 2 aromatic carbocycles. The van der Waals surface area contributed by atoms with E-state index in [9.17, 15) is 9.59 Å². The fraction of sp³-hybridized carbons (Fsp3) is 0.200. The molecule has 144 valence electrons. The van der Waals surface area contributed by atoms with Gasteiger partial charge in [0.15, 0.2) is 0 Å². The molecular formula is C20H20ClN5O2. The largest absolute Gasteiger partial charge is 0.350 e. The van der Waals surface area contributed by atoms with Crippen LogP contribution >= 0.6 is 11.6 Å². The summed E-state index contributed by atoms with van der Waals surface area (Å²) in [5.74, 6) is -0.532. The van der Waals surface area contributed by atoms with E-state index in [0.717, 1.165) is 5.56 Å². The lowest BCUT2D eigenvalue weighted by Crippen LogP contribution is -2.30. The molecule has 0 aliphatic carbocycles. The van der Waals surface area contributed by atoms with Gasteiger partial charge in [-0.3, -0.25) is 9.59 Å². The third-order valence-corrected chi connectivity index (χ3v) is 4.25. The Morgan fingerprint density at radius 2 is 1.79 bits per heavy atom. The summed E-state index contributed by atoms with van der Waals surface area (Å²) < 4.78 is 1.70. The van der Waals surface area contributed by atoms with Gasteiger partial charge in [-0.25, -0.2) is 9.67 Å². The van der Waals surface area contributed by atoms with Crippen LogP contribution in [0.1, 0.15) is 40.1 Å². The molecule has 3 aromatic rings. The highest BCUT2D eigenvalue weighted by atomic mass is 35.5. The molecule has 0 radical (unpaired) electrons. The first kappa shape index (κ1) is 19.6. The summed E-state index contributed by atoms with van der Waals surface area (Å²) in [6.07, 6.45) is 3.10. The number of carbonyl (C=O) groups is 2. The number of hydrogen-bond acceptors (Lipinski definition) is 4. The fourth-order valence-corrected chi connectivity index (χ4v) is 2.73. The molecule has 7 nitrogen and oxygen atoms in total. The molecular weight excluding hydrogens is 378 g/mol. The summed E-state index contributed by atoms with van der Waals surface area (Å²) in [5.41, 5.74) is 2.29. The van der Waals surface area contributed by atoms with Crippen LogP contribution in [0, 0.1) is 0 Å². The molecule has 0 saturated carbocycles. The monoisotopic (exact) mass is 397 g/mol. The second kappa shape index (κ2) is 8.67. The van der Waals surface area contributed by atoms with Gasteiger partial charge >= 0.3 is 0 Å². The summed E-state index contributed by atoms with van der Waals surface area (Å²) >= 11 is 6.18. The molecule has 0 unspecified atom stereocenters. The second-order valence-electron chi connectivity index (χ2n) is 6.57. The van der Waals surface area contributed by atoms with Crippen LogP contribution < -0.4 is 10.6 Å². The molecule has 0 bridgehead atoms. The highest BCUT2D eigenvalue weighted by Crippen LogP contribution is 2.24. The van der Waals surface area contributed by atoms with Crippen molar-refractivity contribution in [2.24, 2.45) is 0 Å². The number of halogens is 1. The number of nitrogens with zero attached hydrogens (tertiary/aromatic N) is 3. The van der Waals surface area contributed by atoms with Crippen LogP contribution in [-0.2, 0) is 6.54 Å². The predicted octanol–water partition coefficient (Wildman–Crippen LogP) is 3.37. The van der Waals surface area contributed by atoms with Crippen molar-refractivity contribution in [2.45, 2.75) is 26.4 Å². The van der Waals surface area contributed by atoms with Crippen molar-refractivity contribution in [3.8, 4) is 0 Å². The first-order valence-electron chi connectivity index (χ1n) is 8.75. The summed E-state index contributed by atoms with van der Waals surface area (Å²) in [6.45, 7) is 4.33. The van der Waals surface area contributed by atoms with Crippen LogP contribution in [0.3, 0.4) is 0 Å². The van der Waals surface area contributed by atoms with Gasteiger partial charge in [0.1, 0.15) is 12.7 Å². The van der Waals surface area contributed by atoms with Gasteiger partial charge < -0.3 is 10.6 Å². The smallest absolute Gasteiger partial charge is 0.255 e. The first-order valence-corrected chi connectivity index (χ1v) is 9.13. The Labute approximate surface area is 167 Å². The minimum absolute atomic E-state index is 0.0113. The number of anilines is 1. The lowest BCUT2D eigenvalue weighted by molar-refractivity contribution is 0.0942. The van der Waals surface area contributed by atoms with Gasteiger partial charge in [0, 0.05) is 17.2 Å². The van der Waals surface area contributed by atoms with E-state index < -0.39 is 0 Å². The van der Waals surface area contributed by atoms with Crippen LogP contribution in [0.2, 0.25) is 5.02 Å². The van der Waals surface area contributed by atoms with Gasteiger partial charge in [0.05, 0.1) is 17.3 Å². The third kappa shape index (κ3) is 4.95. The summed E-state index contributed by atoms with van der Waals surface area (Å²) in [7, 11) is 0. The second-order valence-corrected chi connectivity index (χ2v) is 6.97. The summed E-state index contributed by atoms with van der Waals surface area (Å²) in [4.78, 5) is 28.6. The lowest BCUT2D eigenvalue weighted by atomic mass is 10.1. The Morgan fingerprint density at radius 1 is 1.07 bits per heavy atom. The zero-order valence-electron chi connectivity index (χ0n) is 15.5. The Morgan fingerprint density at radius 3 is 2.43 bits per heavy atom. The van der Waals surface area contributed by atoms with Crippen molar-refractivity contribution >= 4 is 29.1 Å². The maximum absolute atomic E-state index is 12.6. The molecule has 0 fully saturated rings. The molecule has 2 N–H and O–H groups in total. The van der Waals surface area contributed by atoms with Crippen LogP contribution in [0.5, 0.6) is 0 Å². The number of benzene rings is 2. The minimum Gasteiger partial charge on any atom is -0.350 e. The minimum atomic E-state index is -0.310. The molecule has 0 aliphatic rings. The molecule has 0 saturated heterocycles. The van der Waals surface area contributed by atoms with E-state index in [1.165, 1.54) is 6.33 Å². The van der Waals surface area contributed by atoms with E-state index >= 15 is 0 Å². The molecule has 1 heterocycles. The maximum Gasteiger partial charge on any atom is 0.255 e. The number of amides is 2. The highest BCUT2D eigenvalue weighted by Gasteiger charge is 2.13. The molecule has 0 atom stereocenters. The Balaban J connectivity index is 1.71. The average Bonchev–Trinajstić information content (AvgIpc) is 3.16. The number of aromatic nitrogens is 3. The zero-order valence-corrected chi connectivity index (χ0v) is 16.3. The van der Waals surface area contributed by atoms with Crippen molar-refractivity contribution in [3.63, 3.8) is 0 Å². The quantitative estimate of drug-likeness (QED) is 0.667. The zero-order chi connectivity index (χ0) is 20.1. The topological polar surface area (TPSA) is 88.9 Å². The molecule has 28 heavy (non-hydrogen) atoms. The Hall–Kier alpha value is -3.19. The van der Waals surface area contributed by atoms with Gasteiger partial charge in [-0.05, 0) is 49.7 Å². The maximum atomic E-state index is 12.6. The number of rotatable bonds is 6. The van der Waals surface area contributed by atoms with E-state index in [-0.39, 0.29) is 17.9 Å². The van der Waals surface area contributed by atoms with Crippen molar-refractivity contribution in [1.29, 1.82) is 0 Å². The SMILES string of the molecule is CC(C)NC(=O)c1ccc(Cl)c(NC(=O)c2ccc(Cn3cncn3)cc2)c1. The van der Waals surface area contributed by atoms with Crippen molar-refractivity contribution in [1.82, 2.24) is 20.1 Å².